The molecular formula is C25H28F2N6O3. The van der Waals surface area contributed by atoms with Crippen LogP contribution >= 0.6 is 0 Å². The number of pyridine rings is 1. The summed E-state index contributed by atoms with van der Waals surface area (Å²) in [7, 11) is 0. The Balaban J connectivity index is 1.42. The van der Waals surface area contributed by atoms with Crippen molar-refractivity contribution in [2.24, 2.45) is 5.92 Å². The van der Waals surface area contributed by atoms with Gasteiger partial charge in [0.15, 0.2) is 0 Å². The number of fused-ring (bicyclic) bond motifs is 1. The number of nitrogens with zero attached hydrogens (tertiary/aromatic N) is 5. The highest BCUT2D eigenvalue weighted by molar-refractivity contribution is 5.85. The molecule has 5 rings (SSSR count). The molecule has 9 nitrogen and oxygen atoms in total. The Hall–Kier alpha value is -3.76. The van der Waals surface area contributed by atoms with E-state index in [0.717, 1.165) is 35.2 Å². The second-order valence-corrected chi connectivity index (χ2v) is 9.24. The minimum atomic E-state index is -2.79. The van der Waals surface area contributed by atoms with Crippen molar-refractivity contribution in [2.45, 2.75) is 32.9 Å². The third-order valence-electron chi connectivity index (χ3n) is 6.95. The highest BCUT2D eigenvalue weighted by atomic mass is 19.3. The van der Waals surface area contributed by atoms with Crippen molar-refractivity contribution in [3.8, 4) is 17.1 Å². The van der Waals surface area contributed by atoms with Crippen molar-refractivity contribution >= 4 is 28.5 Å². The summed E-state index contributed by atoms with van der Waals surface area (Å²) in [5.74, 6) is 0.0202. The molecule has 2 atom stereocenters. The number of imidazole rings is 1. The number of carbonyl (C=O) groups excluding carboxylic acids is 2. The molecule has 2 amide bonds. The van der Waals surface area contributed by atoms with Crippen LogP contribution in [0.2, 0.25) is 0 Å². The van der Waals surface area contributed by atoms with Crippen molar-refractivity contribution < 1.29 is 23.1 Å². The Morgan fingerprint density at radius 2 is 1.89 bits per heavy atom. The lowest BCUT2D eigenvalue weighted by Gasteiger charge is -2.35. The highest BCUT2D eigenvalue weighted by Crippen LogP contribution is 2.33. The van der Waals surface area contributed by atoms with Gasteiger partial charge in [0.1, 0.15) is 17.9 Å². The standard InChI is InChI=1S/C25H28F2N6O3/c1-15(18-11-22(35)28-13-18)36-24-23-21(29-14-33(23)25(26)27)12-20(30-24)17-3-5-19(6-4-17)32-9-7-31(8-10-32)16(2)34/h3-6,12,14-15,18,25H,7-11,13H2,1-2H3,(H,28,35). The lowest BCUT2D eigenvalue weighted by molar-refractivity contribution is -0.129. The van der Waals surface area contributed by atoms with Gasteiger partial charge in [0.05, 0.1) is 11.2 Å². The third-order valence-corrected chi connectivity index (χ3v) is 6.95. The molecule has 2 aromatic heterocycles. The number of benzene rings is 1. The smallest absolute Gasteiger partial charge is 0.320 e. The Kier molecular flexibility index (Phi) is 6.46. The van der Waals surface area contributed by atoms with E-state index in [2.05, 4.69) is 20.2 Å². The lowest BCUT2D eigenvalue weighted by Crippen LogP contribution is -2.48. The quantitative estimate of drug-likeness (QED) is 0.562. The Morgan fingerprint density at radius 3 is 2.50 bits per heavy atom. The van der Waals surface area contributed by atoms with Gasteiger partial charge in [-0.2, -0.15) is 8.78 Å². The minimum absolute atomic E-state index is 0.0530. The Labute approximate surface area is 207 Å². The molecule has 11 heteroatoms. The first-order chi connectivity index (χ1) is 17.3. The van der Waals surface area contributed by atoms with Crippen LogP contribution in [-0.4, -0.2) is 70.1 Å². The molecule has 0 aliphatic carbocycles. The number of halogens is 2. The molecule has 2 unspecified atom stereocenters. The first-order valence-electron chi connectivity index (χ1n) is 12.0. The maximum absolute atomic E-state index is 13.7. The number of anilines is 1. The molecule has 0 radical (unpaired) electrons. The van der Waals surface area contributed by atoms with E-state index in [1.807, 2.05) is 36.1 Å². The summed E-state index contributed by atoms with van der Waals surface area (Å²) in [6.07, 6.45) is 0.996. The molecule has 0 spiro atoms. The Bertz CT molecular complexity index is 1270. The number of ether oxygens (including phenoxy) is 1. The summed E-state index contributed by atoms with van der Waals surface area (Å²) in [4.78, 5) is 36.1. The number of hydrogen-bond donors (Lipinski definition) is 1. The molecular weight excluding hydrogens is 470 g/mol. The van der Waals surface area contributed by atoms with Gasteiger partial charge in [-0.25, -0.2) is 9.97 Å². The fourth-order valence-electron chi connectivity index (χ4n) is 4.76. The number of hydrogen-bond acceptors (Lipinski definition) is 6. The molecule has 0 saturated carbocycles. The first-order valence-corrected chi connectivity index (χ1v) is 12.0. The van der Waals surface area contributed by atoms with E-state index in [-0.39, 0.29) is 29.1 Å². The summed E-state index contributed by atoms with van der Waals surface area (Å²) < 4.78 is 34.2. The van der Waals surface area contributed by atoms with E-state index in [9.17, 15) is 18.4 Å². The molecule has 190 valence electrons. The summed E-state index contributed by atoms with van der Waals surface area (Å²) in [6, 6.07) is 9.51. The van der Waals surface area contributed by atoms with E-state index >= 15 is 0 Å². The predicted octanol–water partition coefficient (Wildman–Crippen LogP) is 3.07. The molecule has 2 aliphatic heterocycles. The second-order valence-electron chi connectivity index (χ2n) is 9.24. The summed E-state index contributed by atoms with van der Waals surface area (Å²) >= 11 is 0. The van der Waals surface area contributed by atoms with Gasteiger partial charge >= 0.3 is 6.55 Å². The van der Waals surface area contributed by atoms with Crippen LogP contribution in [0.3, 0.4) is 0 Å². The van der Waals surface area contributed by atoms with Crippen molar-refractivity contribution in [3.05, 3.63) is 36.7 Å². The second kappa shape index (κ2) is 9.71. The van der Waals surface area contributed by atoms with Gasteiger partial charge in [0.25, 0.3) is 0 Å². The van der Waals surface area contributed by atoms with E-state index in [1.54, 1.807) is 13.0 Å². The molecule has 2 saturated heterocycles. The first kappa shape index (κ1) is 24.0. The van der Waals surface area contributed by atoms with Crippen LogP contribution in [0, 0.1) is 5.92 Å². The summed E-state index contributed by atoms with van der Waals surface area (Å²) in [6.45, 7) is 3.95. The predicted molar refractivity (Wildman–Crippen MR) is 130 cm³/mol. The average Bonchev–Trinajstić information content (AvgIpc) is 3.51. The van der Waals surface area contributed by atoms with Crippen molar-refractivity contribution in [2.75, 3.05) is 37.6 Å². The number of amides is 2. The topological polar surface area (TPSA) is 92.6 Å². The SMILES string of the molecule is CC(=O)N1CCN(c2ccc(-c3cc4ncn(C(F)F)c4c(OC(C)C4CNC(=O)C4)n3)cc2)CC1. The molecule has 2 fully saturated rings. The van der Waals surface area contributed by atoms with Gasteiger partial charge < -0.3 is 19.9 Å². The van der Waals surface area contributed by atoms with Crippen LogP contribution in [-0.2, 0) is 9.59 Å². The highest BCUT2D eigenvalue weighted by Gasteiger charge is 2.29. The van der Waals surface area contributed by atoms with Crippen LogP contribution < -0.4 is 15.0 Å². The fourth-order valence-corrected chi connectivity index (χ4v) is 4.76. The molecule has 0 bridgehead atoms. The van der Waals surface area contributed by atoms with Crippen molar-refractivity contribution in [1.82, 2.24) is 24.8 Å². The normalized spacial score (nSPS) is 19.1. The monoisotopic (exact) mass is 498 g/mol. The number of aromatic nitrogens is 3. The fraction of sp³-hybridized carbons (Fsp3) is 0.440. The van der Waals surface area contributed by atoms with Crippen molar-refractivity contribution in [1.29, 1.82) is 0 Å². The zero-order chi connectivity index (χ0) is 25.4. The largest absolute Gasteiger partial charge is 0.473 e. The number of rotatable bonds is 6. The lowest BCUT2D eigenvalue weighted by atomic mass is 10.0. The zero-order valence-corrected chi connectivity index (χ0v) is 20.2. The third kappa shape index (κ3) is 4.69. The molecule has 2 aliphatic rings. The van der Waals surface area contributed by atoms with Crippen LogP contribution in [0.5, 0.6) is 5.88 Å². The van der Waals surface area contributed by atoms with E-state index in [4.69, 9.17) is 4.74 Å². The van der Waals surface area contributed by atoms with E-state index < -0.39 is 12.7 Å². The molecule has 1 N–H and O–H groups in total. The van der Waals surface area contributed by atoms with Crippen LogP contribution in [0.15, 0.2) is 36.7 Å². The van der Waals surface area contributed by atoms with Gasteiger partial charge in [0.2, 0.25) is 17.7 Å². The number of alkyl halides is 2. The van der Waals surface area contributed by atoms with E-state index in [1.165, 1.54) is 0 Å². The molecule has 36 heavy (non-hydrogen) atoms. The molecule has 4 heterocycles. The number of nitrogens with one attached hydrogen (secondary N) is 1. The Morgan fingerprint density at radius 1 is 1.17 bits per heavy atom. The van der Waals surface area contributed by atoms with Gasteiger partial charge in [-0.15, -0.1) is 0 Å². The van der Waals surface area contributed by atoms with Gasteiger partial charge in [-0.1, -0.05) is 12.1 Å². The van der Waals surface area contributed by atoms with Gasteiger partial charge in [-0.3, -0.25) is 14.2 Å². The number of carbonyl (C=O) groups is 2. The minimum Gasteiger partial charge on any atom is -0.473 e. The maximum Gasteiger partial charge on any atom is 0.320 e. The summed E-state index contributed by atoms with van der Waals surface area (Å²) in [5, 5.41) is 2.78. The summed E-state index contributed by atoms with van der Waals surface area (Å²) in [5.41, 5.74) is 2.86. The average molecular weight is 499 g/mol. The zero-order valence-electron chi connectivity index (χ0n) is 20.2. The van der Waals surface area contributed by atoms with Crippen molar-refractivity contribution in [3.63, 3.8) is 0 Å². The molecule has 1 aromatic carbocycles. The van der Waals surface area contributed by atoms with E-state index in [0.29, 0.717) is 37.3 Å². The van der Waals surface area contributed by atoms with Gasteiger partial charge in [0, 0.05) is 63.2 Å². The maximum atomic E-state index is 13.7. The number of piperazine rings is 1. The van der Waals surface area contributed by atoms with Crippen LogP contribution in [0.1, 0.15) is 26.8 Å². The van der Waals surface area contributed by atoms with Crippen LogP contribution in [0.4, 0.5) is 14.5 Å². The van der Waals surface area contributed by atoms with Crippen LogP contribution in [0.25, 0.3) is 22.3 Å². The van der Waals surface area contributed by atoms with Gasteiger partial charge in [-0.05, 0) is 25.1 Å². The molecule has 3 aromatic rings.